The maximum absolute atomic E-state index is 3.49. The van der Waals surface area contributed by atoms with Gasteiger partial charge in [0, 0.05) is 0 Å². The van der Waals surface area contributed by atoms with Gasteiger partial charge in [0.05, 0.1) is 4.87 Å². The Balaban J connectivity index is 2.54. The second-order valence-corrected chi connectivity index (χ2v) is 5.80. The first-order valence-electron chi connectivity index (χ1n) is 5.34. The highest BCUT2D eigenvalue weighted by Gasteiger charge is 2.37. The summed E-state index contributed by atoms with van der Waals surface area (Å²) in [6.07, 6.45) is 8.98. The third-order valence-corrected chi connectivity index (χ3v) is 5.36. The van der Waals surface area contributed by atoms with E-state index < -0.39 is 0 Å². The highest BCUT2D eigenvalue weighted by molar-refractivity contribution is 7.99. The van der Waals surface area contributed by atoms with Crippen LogP contribution in [0.3, 0.4) is 0 Å². The van der Waals surface area contributed by atoms with E-state index in [0.717, 1.165) is 0 Å². The van der Waals surface area contributed by atoms with Gasteiger partial charge < -0.3 is 5.32 Å². The van der Waals surface area contributed by atoms with Crippen LogP contribution in [-0.4, -0.2) is 18.2 Å². The summed E-state index contributed by atoms with van der Waals surface area (Å²) in [7, 11) is 2.10. The molecule has 0 aliphatic heterocycles. The van der Waals surface area contributed by atoms with Gasteiger partial charge in [-0.05, 0) is 44.4 Å². The summed E-state index contributed by atoms with van der Waals surface area (Å²) in [5.41, 5.74) is 0.621. The van der Waals surface area contributed by atoms with Crippen LogP contribution in [0, 0.1) is 5.41 Å². The summed E-state index contributed by atoms with van der Waals surface area (Å²) in [6.45, 7) is 4.76. The maximum atomic E-state index is 3.49. The Morgan fingerprint density at radius 3 is 2.08 bits per heavy atom. The monoisotopic (exact) mass is 201 g/mol. The van der Waals surface area contributed by atoms with Crippen molar-refractivity contribution >= 4 is 11.8 Å². The molecule has 0 aromatic rings. The normalized spacial score (nSPS) is 40.6. The first-order valence-corrected chi connectivity index (χ1v) is 6.56. The smallest absolute Gasteiger partial charge is 0.0640 e. The molecule has 13 heavy (non-hydrogen) atoms. The van der Waals surface area contributed by atoms with Crippen molar-refractivity contribution < 1.29 is 0 Å². The van der Waals surface area contributed by atoms with Crippen molar-refractivity contribution in [3.05, 3.63) is 0 Å². The fraction of sp³-hybridized carbons (Fsp3) is 1.00. The Bertz CT molecular complexity index is 153. The Morgan fingerprint density at radius 1 is 1.23 bits per heavy atom. The van der Waals surface area contributed by atoms with Gasteiger partial charge in [0.2, 0.25) is 0 Å². The van der Waals surface area contributed by atoms with Gasteiger partial charge in [-0.25, -0.2) is 0 Å². The van der Waals surface area contributed by atoms with E-state index in [1.165, 1.54) is 32.1 Å². The summed E-state index contributed by atoms with van der Waals surface area (Å²) in [6, 6.07) is 0. The molecule has 0 spiro atoms. The summed E-state index contributed by atoms with van der Waals surface area (Å²) in [5.74, 6) is 0. The summed E-state index contributed by atoms with van der Waals surface area (Å²) in [5, 5.41) is 3.49. The molecule has 1 N–H and O–H groups in total. The van der Waals surface area contributed by atoms with E-state index in [4.69, 9.17) is 0 Å². The highest BCUT2D eigenvalue weighted by atomic mass is 32.2. The second-order valence-electron chi connectivity index (χ2n) is 4.61. The number of nitrogens with one attached hydrogen (secondary N) is 1. The molecule has 1 nitrogen and oxygen atoms in total. The molecule has 1 aliphatic carbocycles. The van der Waals surface area contributed by atoms with Gasteiger partial charge in [-0.2, -0.15) is 0 Å². The van der Waals surface area contributed by atoms with E-state index in [9.17, 15) is 0 Å². The summed E-state index contributed by atoms with van der Waals surface area (Å²) < 4.78 is 0. The van der Waals surface area contributed by atoms with E-state index in [0.29, 0.717) is 10.3 Å². The average molecular weight is 201 g/mol. The number of hydrogen-bond acceptors (Lipinski definition) is 2. The predicted molar refractivity (Wildman–Crippen MR) is 62.2 cm³/mol. The summed E-state index contributed by atoms with van der Waals surface area (Å²) in [4.78, 5) is 0.384. The molecule has 1 rings (SSSR count). The molecule has 1 saturated carbocycles. The molecule has 0 saturated heterocycles. The van der Waals surface area contributed by atoms with Crippen LogP contribution in [-0.2, 0) is 0 Å². The van der Waals surface area contributed by atoms with Gasteiger partial charge in [0.1, 0.15) is 0 Å². The van der Waals surface area contributed by atoms with Crippen molar-refractivity contribution in [2.45, 2.75) is 50.8 Å². The first kappa shape index (κ1) is 11.4. The first-order chi connectivity index (χ1) is 6.10. The van der Waals surface area contributed by atoms with Crippen molar-refractivity contribution in [3.63, 3.8) is 0 Å². The lowest BCUT2D eigenvalue weighted by Gasteiger charge is -2.43. The highest BCUT2D eigenvalue weighted by Crippen LogP contribution is 2.46. The predicted octanol–water partition coefficient (Wildman–Crippen LogP) is 3.26. The molecule has 0 amide bonds. The minimum Gasteiger partial charge on any atom is -0.306 e. The lowest BCUT2D eigenvalue weighted by Crippen LogP contribution is -2.44. The van der Waals surface area contributed by atoms with Crippen LogP contribution in [0.2, 0.25) is 0 Å². The van der Waals surface area contributed by atoms with Gasteiger partial charge in [0.15, 0.2) is 0 Å². The molecule has 0 heterocycles. The molecule has 0 bridgehead atoms. The minimum absolute atomic E-state index is 0.384. The lowest BCUT2D eigenvalue weighted by atomic mass is 9.72. The Labute approximate surface area is 87.1 Å². The van der Waals surface area contributed by atoms with Gasteiger partial charge in [-0.3, -0.25) is 0 Å². The molecule has 0 atom stereocenters. The average Bonchev–Trinajstić information content (AvgIpc) is 2.20. The van der Waals surface area contributed by atoms with Crippen molar-refractivity contribution in [2.24, 2.45) is 5.41 Å². The molecular formula is C11H23NS. The Kier molecular flexibility index (Phi) is 3.70. The van der Waals surface area contributed by atoms with Crippen LogP contribution in [0.1, 0.15) is 46.0 Å². The number of thioether (sulfide) groups is 1. The molecule has 0 aromatic carbocycles. The Hall–Kier alpha value is 0.310. The van der Waals surface area contributed by atoms with Gasteiger partial charge in [0.25, 0.3) is 0 Å². The summed E-state index contributed by atoms with van der Waals surface area (Å²) >= 11 is 1.99. The van der Waals surface area contributed by atoms with Crippen molar-refractivity contribution in [2.75, 3.05) is 13.3 Å². The molecule has 0 unspecified atom stereocenters. The zero-order valence-electron chi connectivity index (χ0n) is 9.44. The molecule has 1 fully saturated rings. The van der Waals surface area contributed by atoms with Crippen LogP contribution in [0.25, 0.3) is 0 Å². The van der Waals surface area contributed by atoms with Gasteiger partial charge in [-0.15, -0.1) is 11.8 Å². The van der Waals surface area contributed by atoms with Crippen molar-refractivity contribution in [3.8, 4) is 0 Å². The third-order valence-electron chi connectivity index (χ3n) is 3.96. The maximum Gasteiger partial charge on any atom is 0.0640 e. The van der Waals surface area contributed by atoms with Crippen LogP contribution in [0.4, 0.5) is 0 Å². The quantitative estimate of drug-likeness (QED) is 0.703. The van der Waals surface area contributed by atoms with Crippen LogP contribution in [0.15, 0.2) is 0 Å². The molecule has 0 aromatic heterocycles. The van der Waals surface area contributed by atoms with Crippen LogP contribution in [0.5, 0.6) is 0 Å². The minimum atomic E-state index is 0.384. The van der Waals surface area contributed by atoms with Crippen molar-refractivity contribution in [1.29, 1.82) is 0 Å². The SMILES string of the molecule is CCC1(C)CCC(NC)(SC)CC1. The zero-order valence-corrected chi connectivity index (χ0v) is 10.3. The molecule has 0 radical (unpaired) electrons. The van der Waals surface area contributed by atoms with Crippen molar-refractivity contribution in [1.82, 2.24) is 5.32 Å². The van der Waals surface area contributed by atoms with E-state index in [-0.39, 0.29) is 0 Å². The fourth-order valence-corrected chi connectivity index (χ4v) is 2.98. The van der Waals surface area contributed by atoms with E-state index in [2.05, 4.69) is 32.5 Å². The third kappa shape index (κ3) is 2.41. The van der Waals surface area contributed by atoms with E-state index in [1.54, 1.807) is 0 Å². The number of hydrogen-bond donors (Lipinski definition) is 1. The second kappa shape index (κ2) is 4.22. The molecular weight excluding hydrogens is 178 g/mol. The fourth-order valence-electron chi connectivity index (χ4n) is 2.17. The van der Waals surface area contributed by atoms with Gasteiger partial charge in [-0.1, -0.05) is 20.3 Å². The van der Waals surface area contributed by atoms with E-state index in [1.807, 2.05) is 11.8 Å². The molecule has 78 valence electrons. The molecule has 2 heteroatoms. The lowest BCUT2D eigenvalue weighted by molar-refractivity contribution is 0.168. The topological polar surface area (TPSA) is 12.0 Å². The largest absolute Gasteiger partial charge is 0.306 e. The van der Waals surface area contributed by atoms with E-state index >= 15 is 0 Å². The Morgan fingerprint density at radius 2 is 1.77 bits per heavy atom. The number of rotatable bonds is 3. The zero-order chi connectivity index (χ0) is 9.95. The standard InChI is InChI=1S/C11H23NS/c1-5-10(2)6-8-11(12-3,13-4)9-7-10/h12H,5-9H2,1-4H3. The molecule has 1 aliphatic rings. The van der Waals surface area contributed by atoms with Crippen LogP contribution >= 0.6 is 11.8 Å². The van der Waals surface area contributed by atoms with Crippen LogP contribution < -0.4 is 5.32 Å². The van der Waals surface area contributed by atoms with Gasteiger partial charge >= 0.3 is 0 Å².